The van der Waals surface area contributed by atoms with E-state index in [0.717, 1.165) is 31.6 Å². The molecule has 0 heterocycles. The molecule has 3 saturated carbocycles. The zero-order valence-electron chi connectivity index (χ0n) is 17.4. The molecule has 3 rings (SSSR count). The lowest BCUT2D eigenvalue weighted by molar-refractivity contribution is 0.229. The SMILES string of the molecule is CCCCC1CCC(C#CC2CCC(C#CC3CCC(F)CC3)CC2)CC1. The summed E-state index contributed by atoms with van der Waals surface area (Å²) < 4.78 is 13.2. The third-order valence-corrected chi connectivity index (χ3v) is 7.18. The molecule has 3 fully saturated rings. The molecule has 27 heavy (non-hydrogen) atoms. The summed E-state index contributed by atoms with van der Waals surface area (Å²) in [7, 11) is 0. The Balaban J connectivity index is 1.34. The fourth-order valence-electron chi connectivity index (χ4n) is 5.14. The topological polar surface area (TPSA) is 0 Å². The highest BCUT2D eigenvalue weighted by molar-refractivity contribution is 5.13. The number of unbranched alkanes of at least 4 members (excludes halogenated alkanes) is 1. The van der Waals surface area contributed by atoms with Gasteiger partial charge in [-0.25, -0.2) is 4.39 Å². The molecule has 0 nitrogen and oxygen atoms in total. The normalized spacial score (nSPS) is 36.8. The van der Waals surface area contributed by atoms with Crippen molar-refractivity contribution in [3.05, 3.63) is 0 Å². The van der Waals surface area contributed by atoms with Crippen molar-refractivity contribution in [2.75, 3.05) is 0 Å². The van der Waals surface area contributed by atoms with Gasteiger partial charge in [0.25, 0.3) is 0 Å². The molecule has 0 aromatic rings. The molecule has 0 amide bonds. The van der Waals surface area contributed by atoms with Crippen LogP contribution in [0.25, 0.3) is 0 Å². The van der Waals surface area contributed by atoms with E-state index in [9.17, 15) is 4.39 Å². The lowest BCUT2D eigenvalue weighted by Crippen LogP contribution is -2.16. The summed E-state index contributed by atoms with van der Waals surface area (Å²) in [6, 6.07) is 0. The third-order valence-electron chi connectivity index (χ3n) is 7.18. The average molecular weight is 371 g/mol. The van der Waals surface area contributed by atoms with Crippen LogP contribution in [0.4, 0.5) is 4.39 Å². The molecule has 0 unspecified atom stereocenters. The zero-order chi connectivity index (χ0) is 18.9. The van der Waals surface area contributed by atoms with E-state index in [1.165, 1.54) is 70.6 Å². The molecule has 1 heteroatoms. The summed E-state index contributed by atoms with van der Waals surface area (Å²) in [5.74, 6) is 17.6. The highest BCUT2D eigenvalue weighted by Crippen LogP contribution is 2.33. The quantitative estimate of drug-likeness (QED) is 0.456. The van der Waals surface area contributed by atoms with Crippen LogP contribution in [0.15, 0.2) is 0 Å². The molecule has 0 aromatic carbocycles. The second-order valence-electron chi connectivity index (χ2n) is 9.43. The first-order chi connectivity index (χ1) is 13.2. The summed E-state index contributed by atoms with van der Waals surface area (Å²) in [5, 5.41) is 0. The molecular formula is C26H39F. The van der Waals surface area contributed by atoms with E-state index in [-0.39, 0.29) is 0 Å². The van der Waals surface area contributed by atoms with Crippen LogP contribution in [-0.4, -0.2) is 6.17 Å². The standard InChI is InChI=1S/C26H39F/c1-2-3-4-21-5-7-22(8-6-21)9-10-23-11-13-24(14-12-23)15-16-25-17-19-26(27)20-18-25/h21-26H,2-8,11-14,17-20H2,1H3. The van der Waals surface area contributed by atoms with Crippen molar-refractivity contribution in [1.29, 1.82) is 0 Å². The molecule has 0 spiro atoms. The Kier molecular flexibility index (Phi) is 8.58. The van der Waals surface area contributed by atoms with Crippen LogP contribution in [0.3, 0.4) is 0 Å². The maximum absolute atomic E-state index is 13.2. The summed E-state index contributed by atoms with van der Waals surface area (Å²) in [4.78, 5) is 0. The largest absolute Gasteiger partial charge is 0.247 e. The van der Waals surface area contributed by atoms with Crippen LogP contribution in [0.1, 0.15) is 103 Å². The van der Waals surface area contributed by atoms with Crippen LogP contribution in [0, 0.1) is 53.3 Å². The first-order valence-electron chi connectivity index (χ1n) is 11.9. The Hall–Kier alpha value is -0.950. The van der Waals surface area contributed by atoms with Gasteiger partial charge in [-0.2, -0.15) is 0 Å². The number of hydrogen-bond donors (Lipinski definition) is 0. The number of rotatable bonds is 3. The molecule has 3 aliphatic rings. The Bertz CT molecular complexity index is 532. The highest BCUT2D eigenvalue weighted by atomic mass is 19.1. The van der Waals surface area contributed by atoms with Gasteiger partial charge in [0.05, 0.1) is 0 Å². The van der Waals surface area contributed by atoms with Gasteiger partial charge in [0.15, 0.2) is 0 Å². The lowest BCUT2D eigenvalue weighted by Gasteiger charge is -2.26. The molecule has 0 radical (unpaired) electrons. The minimum atomic E-state index is -0.566. The van der Waals surface area contributed by atoms with Crippen LogP contribution >= 0.6 is 0 Å². The zero-order valence-corrected chi connectivity index (χ0v) is 17.4. The molecular weight excluding hydrogens is 331 g/mol. The minimum Gasteiger partial charge on any atom is -0.247 e. The summed E-state index contributed by atoms with van der Waals surface area (Å²) in [5.41, 5.74) is 0. The van der Waals surface area contributed by atoms with Gasteiger partial charge < -0.3 is 0 Å². The van der Waals surface area contributed by atoms with Crippen molar-refractivity contribution in [2.24, 2.45) is 29.6 Å². The molecule has 0 saturated heterocycles. The lowest BCUT2D eigenvalue weighted by atomic mass is 9.79. The van der Waals surface area contributed by atoms with Crippen molar-refractivity contribution in [2.45, 2.75) is 109 Å². The molecule has 0 atom stereocenters. The maximum atomic E-state index is 13.2. The second kappa shape index (κ2) is 11.1. The van der Waals surface area contributed by atoms with Crippen molar-refractivity contribution in [1.82, 2.24) is 0 Å². The van der Waals surface area contributed by atoms with Crippen molar-refractivity contribution in [3.8, 4) is 23.7 Å². The smallest absolute Gasteiger partial charge is 0.100 e. The van der Waals surface area contributed by atoms with Crippen LogP contribution in [-0.2, 0) is 0 Å². The summed E-state index contributed by atoms with van der Waals surface area (Å²) >= 11 is 0. The van der Waals surface area contributed by atoms with Crippen LogP contribution in [0.2, 0.25) is 0 Å². The molecule has 0 N–H and O–H groups in total. The molecule has 150 valence electrons. The first kappa shape index (κ1) is 20.8. The number of hydrogen-bond acceptors (Lipinski definition) is 0. The van der Waals surface area contributed by atoms with Crippen LogP contribution in [0.5, 0.6) is 0 Å². The fourth-order valence-corrected chi connectivity index (χ4v) is 5.14. The van der Waals surface area contributed by atoms with Crippen molar-refractivity contribution in [3.63, 3.8) is 0 Å². The van der Waals surface area contributed by atoms with E-state index in [0.29, 0.717) is 23.7 Å². The fraction of sp³-hybridized carbons (Fsp3) is 0.846. The van der Waals surface area contributed by atoms with E-state index in [1.807, 2.05) is 0 Å². The number of halogens is 1. The first-order valence-corrected chi connectivity index (χ1v) is 11.9. The molecule has 0 aromatic heterocycles. The second-order valence-corrected chi connectivity index (χ2v) is 9.43. The third kappa shape index (κ3) is 7.18. The van der Waals surface area contributed by atoms with E-state index in [1.54, 1.807) is 0 Å². The van der Waals surface area contributed by atoms with Gasteiger partial charge in [-0.15, -0.1) is 0 Å². The monoisotopic (exact) mass is 370 g/mol. The Labute approximate surface area is 167 Å². The predicted molar refractivity (Wildman–Crippen MR) is 113 cm³/mol. The van der Waals surface area contributed by atoms with E-state index < -0.39 is 6.17 Å². The maximum Gasteiger partial charge on any atom is 0.100 e. The summed E-state index contributed by atoms with van der Waals surface area (Å²) in [6.07, 6.45) is 17.4. The Morgan fingerprint density at radius 3 is 1.37 bits per heavy atom. The van der Waals surface area contributed by atoms with Crippen molar-refractivity contribution >= 4 is 0 Å². The van der Waals surface area contributed by atoms with Gasteiger partial charge >= 0.3 is 0 Å². The average Bonchev–Trinajstić information content (AvgIpc) is 2.72. The van der Waals surface area contributed by atoms with Gasteiger partial charge in [0.1, 0.15) is 6.17 Å². The van der Waals surface area contributed by atoms with Gasteiger partial charge in [0, 0.05) is 23.7 Å². The van der Waals surface area contributed by atoms with Gasteiger partial charge in [0.2, 0.25) is 0 Å². The van der Waals surface area contributed by atoms with E-state index in [4.69, 9.17) is 0 Å². The number of alkyl halides is 1. The molecule has 0 bridgehead atoms. The predicted octanol–water partition coefficient (Wildman–Crippen LogP) is 7.32. The van der Waals surface area contributed by atoms with E-state index in [2.05, 4.69) is 30.6 Å². The molecule has 3 aliphatic carbocycles. The van der Waals surface area contributed by atoms with E-state index >= 15 is 0 Å². The minimum absolute atomic E-state index is 0.460. The van der Waals surface area contributed by atoms with Gasteiger partial charge in [-0.05, 0) is 83.0 Å². The highest BCUT2D eigenvalue weighted by Gasteiger charge is 2.22. The Morgan fingerprint density at radius 1 is 0.593 bits per heavy atom. The van der Waals surface area contributed by atoms with Gasteiger partial charge in [-0.1, -0.05) is 49.9 Å². The Morgan fingerprint density at radius 2 is 0.963 bits per heavy atom. The van der Waals surface area contributed by atoms with Crippen molar-refractivity contribution < 1.29 is 4.39 Å². The van der Waals surface area contributed by atoms with Gasteiger partial charge in [-0.3, -0.25) is 0 Å². The molecule has 0 aliphatic heterocycles. The van der Waals surface area contributed by atoms with Crippen LogP contribution < -0.4 is 0 Å². The summed E-state index contributed by atoms with van der Waals surface area (Å²) in [6.45, 7) is 2.30.